The van der Waals surface area contributed by atoms with Crippen LogP contribution < -0.4 is 0 Å². The van der Waals surface area contributed by atoms with Gasteiger partial charge in [0.1, 0.15) is 18.1 Å². The quantitative estimate of drug-likeness (QED) is 0.607. The molecule has 1 unspecified atom stereocenters. The molecular formula is C16H21N5O4. The van der Waals surface area contributed by atoms with Gasteiger partial charge in [0.15, 0.2) is 0 Å². The molecule has 0 bridgehead atoms. The number of carbonyl (C=O) groups is 1. The molecule has 1 aliphatic rings. The molecule has 0 N–H and O–H groups in total. The maximum Gasteiger partial charge on any atom is 0.490 e. The first kappa shape index (κ1) is 17.1. The third kappa shape index (κ3) is 3.86. The highest BCUT2D eigenvalue weighted by Crippen LogP contribution is 2.31. The van der Waals surface area contributed by atoms with Crippen LogP contribution in [-0.4, -0.2) is 37.0 Å². The van der Waals surface area contributed by atoms with Crippen LogP contribution in [-0.2, 0) is 17.8 Å². The number of nitrogens with zero attached hydrogens (tertiary/aromatic N) is 5. The standard InChI is InChI=1S/C16H21N5O4/c1-2-12-7-8-14(25-12)13-6-4-3-5-9-20(13)15(22)10-19-11-17-16(18-19)21(23)24/h7-8,11,13H,2-6,9-10H2,1H3. The zero-order chi connectivity index (χ0) is 17.8. The van der Waals surface area contributed by atoms with Gasteiger partial charge in [-0.1, -0.05) is 24.7 Å². The Morgan fingerprint density at radius 1 is 1.40 bits per heavy atom. The van der Waals surface area contributed by atoms with Crippen LogP contribution >= 0.6 is 0 Å². The summed E-state index contributed by atoms with van der Waals surface area (Å²) in [5.41, 5.74) is 0. The van der Waals surface area contributed by atoms with Gasteiger partial charge in [0.25, 0.3) is 0 Å². The lowest BCUT2D eigenvalue weighted by molar-refractivity contribution is -0.394. The summed E-state index contributed by atoms with van der Waals surface area (Å²) in [6.45, 7) is 2.59. The van der Waals surface area contributed by atoms with E-state index in [1.165, 1.54) is 11.0 Å². The molecule has 1 atom stereocenters. The van der Waals surface area contributed by atoms with Crippen LogP contribution in [0, 0.1) is 10.1 Å². The number of nitro groups is 1. The van der Waals surface area contributed by atoms with Crippen LogP contribution in [0.2, 0.25) is 0 Å². The number of rotatable bonds is 5. The Labute approximate surface area is 144 Å². The summed E-state index contributed by atoms with van der Waals surface area (Å²) in [5, 5.41) is 14.4. The van der Waals surface area contributed by atoms with Gasteiger partial charge in [-0.05, 0) is 29.9 Å². The summed E-state index contributed by atoms with van der Waals surface area (Å²) in [4.78, 5) is 28.2. The monoisotopic (exact) mass is 347 g/mol. The first-order valence-corrected chi connectivity index (χ1v) is 8.50. The number of amides is 1. The summed E-state index contributed by atoms with van der Waals surface area (Å²) in [7, 11) is 0. The van der Waals surface area contributed by atoms with E-state index in [9.17, 15) is 14.9 Å². The number of aryl methyl sites for hydroxylation is 1. The molecular weight excluding hydrogens is 326 g/mol. The Balaban J connectivity index is 1.77. The summed E-state index contributed by atoms with van der Waals surface area (Å²) < 4.78 is 7.09. The molecule has 134 valence electrons. The topological polar surface area (TPSA) is 107 Å². The molecule has 1 fully saturated rings. The lowest BCUT2D eigenvalue weighted by Gasteiger charge is -2.28. The molecule has 3 rings (SSSR count). The highest BCUT2D eigenvalue weighted by Gasteiger charge is 2.30. The molecule has 9 heteroatoms. The summed E-state index contributed by atoms with van der Waals surface area (Å²) >= 11 is 0. The van der Waals surface area contributed by atoms with Gasteiger partial charge in [0.05, 0.1) is 6.04 Å². The molecule has 0 aliphatic carbocycles. The highest BCUT2D eigenvalue weighted by atomic mass is 16.6. The molecule has 9 nitrogen and oxygen atoms in total. The van der Waals surface area contributed by atoms with Crippen molar-refractivity contribution in [3.05, 3.63) is 40.1 Å². The summed E-state index contributed by atoms with van der Waals surface area (Å²) in [6.07, 6.45) is 5.90. The second-order valence-electron chi connectivity index (χ2n) is 6.11. The van der Waals surface area contributed by atoms with Crippen molar-refractivity contribution in [2.24, 2.45) is 0 Å². The summed E-state index contributed by atoms with van der Waals surface area (Å²) in [6, 6.07) is 3.79. The average Bonchev–Trinajstić information content (AvgIpc) is 3.19. The predicted molar refractivity (Wildman–Crippen MR) is 87.7 cm³/mol. The fraction of sp³-hybridized carbons (Fsp3) is 0.562. The van der Waals surface area contributed by atoms with E-state index in [1.807, 2.05) is 19.1 Å². The van der Waals surface area contributed by atoms with Crippen molar-refractivity contribution >= 4 is 11.9 Å². The Hall–Kier alpha value is -2.71. The van der Waals surface area contributed by atoms with Crippen LogP contribution in [0.25, 0.3) is 0 Å². The number of aromatic nitrogens is 3. The SMILES string of the molecule is CCc1ccc(C2CCCCCN2C(=O)Cn2cnc([N+](=O)[O-])n2)o1. The Morgan fingerprint density at radius 3 is 2.92 bits per heavy atom. The molecule has 2 aromatic heterocycles. The van der Waals surface area contributed by atoms with E-state index in [0.29, 0.717) is 6.54 Å². The Bertz CT molecular complexity index is 753. The second kappa shape index (κ2) is 7.45. The number of hydrogen-bond donors (Lipinski definition) is 0. The zero-order valence-electron chi connectivity index (χ0n) is 14.1. The maximum atomic E-state index is 12.8. The molecule has 0 aromatic carbocycles. The van der Waals surface area contributed by atoms with E-state index in [2.05, 4.69) is 10.1 Å². The number of hydrogen-bond acceptors (Lipinski definition) is 6. The van der Waals surface area contributed by atoms with Gasteiger partial charge in [-0.2, -0.15) is 4.68 Å². The van der Waals surface area contributed by atoms with Crippen molar-refractivity contribution < 1.29 is 14.1 Å². The van der Waals surface area contributed by atoms with E-state index in [1.54, 1.807) is 4.90 Å². The predicted octanol–water partition coefficient (Wildman–Crippen LogP) is 2.49. The van der Waals surface area contributed by atoms with Crippen LogP contribution in [0.5, 0.6) is 0 Å². The first-order valence-electron chi connectivity index (χ1n) is 8.50. The van der Waals surface area contributed by atoms with Crippen LogP contribution in [0.15, 0.2) is 22.9 Å². The minimum absolute atomic E-state index is 0.0708. The minimum Gasteiger partial charge on any atom is -0.464 e. The molecule has 1 saturated heterocycles. The van der Waals surface area contributed by atoms with E-state index in [4.69, 9.17) is 4.42 Å². The van der Waals surface area contributed by atoms with Gasteiger partial charge < -0.3 is 19.4 Å². The Morgan fingerprint density at radius 2 is 2.24 bits per heavy atom. The van der Waals surface area contributed by atoms with E-state index >= 15 is 0 Å². The summed E-state index contributed by atoms with van der Waals surface area (Å²) in [5.74, 6) is 1.07. The van der Waals surface area contributed by atoms with Gasteiger partial charge in [-0.15, -0.1) is 0 Å². The first-order chi connectivity index (χ1) is 12.1. The minimum atomic E-state index is -0.676. The van der Waals surface area contributed by atoms with Gasteiger partial charge >= 0.3 is 5.95 Å². The fourth-order valence-electron chi connectivity index (χ4n) is 3.14. The normalized spacial score (nSPS) is 18.1. The Kier molecular flexibility index (Phi) is 5.11. The number of furan rings is 1. The second-order valence-corrected chi connectivity index (χ2v) is 6.11. The molecule has 25 heavy (non-hydrogen) atoms. The molecule has 3 heterocycles. The van der Waals surface area contributed by atoms with Crippen molar-refractivity contribution in [1.82, 2.24) is 19.7 Å². The lowest BCUT2D eigenvalue weighted by Crippen LogP contribution is -2.37. The number of likely N-dealkylation sites (tertiary alicyclic amines) is 1. The average molecular weight is 347 g/mol. The molecule has 0 radical (unpaired) electrons. The number of carbonyl (C=O) groups excluding carboxylic acids is 1. The van der Waals surface area contributed by atoms with Crippen molar-refractivity contribution in [2.75, 3.05) is 6.54 Å². The third-order valence-corrected chi connectivity index (χ3v) is 4.42. The van der Waals surface area contributed by atoms with Crippen molar-refractivity contribution in [3.8, 4) is 0 Å². The van der Waals surface area contributed by atoms with Crippen molar-refractivity contribution in [2.45, 2.75) is 51.6 Å². The van der Waals surface area contributed by atoms with Crippen LogP contribution in [0.1, 0.15) is 50.2 Å². The zero-order valence-corrected chi connectivity index (χ0v) is 14.1. The van der Waals surface area contributed by atoms with Crippen LogP contribution in [0.3, 0.4) is 0 Å². The van der Waals surface area contributed by atoms with E-state index in [-0.39, 0.29) is 18.5 Å². The highest BCUT2D eigenvalue weighted by molar-refractivity contribution is 5.76. The fourth-order valence-corrected chi connectivity index (χ4v) is 3.14. The molecule has 0 saturated carbocycles. The maximum absolute atomic E-state index is 12.8. The molecule has 0 spiro atoms. The van der Waals surface area contributed by atoms with Gasteiger partial charge in [0.2, 0.25) is 12.2 Å². The lowest BCUT2D eigenvalue weighted by atomic mass is 10.1. The third-order valence-electron chi connectivity index (χ3n) is 4.42. The molecule has 1 aliphatic heterocycles. The largest absolute Gasteiger partial charge is 0.490 e. The van der Waals surface area contributed by atoms with Gasteiger partial charge in [-0.25, -0.2) is 0 Å². The smallest absolute Gasteiger partial charge is 0.464 e. The van der Waals surface area contributed by atoms with Crippen molar-refractivity contribution in [3.63, 3.8) is 0 Å². The molecule has 2 aromatic rings. The molecule has 1 amide bonds. The van der Waals surface area contributed by atoms with Crippen LogP contribution in [0.4, 0.5) is 5.95 Å². The van der Waals surface area contributed by atoms with E-state index < -0.39 is 10.9 Å². The van der Waals surface area contributed by atoms with Crippen molar-refractivity contribution in [1.29, 1.82) is 0 Å². The van der Waals surface area contributed by atoms with E-state index in [0.717, 1.165) is 43.6 Å². The van der Waals surface area contributed by atoms with Gasteiger partial charge in [-0.3, -0.25) is 4.79 Å². The van der Waals surface area contributed by atoms with Gasteiger partial charge in [0, 0.05) is 18.1 Å².